The molecule has 0 spiro atoms. The third-order valence-corrected chi connectivity index (χ3v) is 3.83. The minimum atomic E-state index is -0.819. The number of benzene rings is 1. The summed E-state index contributed by atoms with van der Waals surface area (Å²) in [7, 11) is 0. The first-order chi connectivity index (χ1) is 9.49. The van der Waals surface area contributed by atoms with Crippen LogP contribution in [0.5, 0.6) is 0 Å². The van der Waals surface area contributed by atoms with Gasteiger partial charge in [-0.25, -0.2) is 8.78 Å². The largest absolute Gasteiger partial charge is 0.352 e. The molecule has 0 radical (unpaired) electrons. The summed E-state index contributed by atoms with van der Waals surface area (Å²) >= 11 is 0. The molecule has 3 nitrogen and oxygen atoms in total. The van der Waals surface area contributed by atoms with Gasteiger partial charge >= 0.3 is 0 Å². The van der Waals surface area contributed by atoms with E-state index in [9.17, 15) is 13.6 Å². The topological polar surface area (TPSA) is 41.1 Å². The van der Waals surface area contributed by atoms with E-state index in [2.05, 4.69) is 17.6 Å². The number of hydrogen-bond acceptors (Lipinski definition) is 2. The lowest BCUT2D eigenvalue weighted by Crippen LogP contribution is -2.42. The molecular weight excluding hydrogens is 262 g/mol. The van der Waals surface area contributed by atoms with Gasteiger partial charge in [-0.05, 0) is 50.8 Å². The van der Waals surface area contributed by atoms with E-state index in [1.807, 2.05) is 0 Å². The molecule has 1 saturated heterocycles. The van der Waals surface area contributed by atoms with Crippen LogP contribution in [-0.2, 0) is 0 Å². The highest BCUT2D eigenvalue weighted by Crippen LogP contribution is 2.17. The maximum Gasteiger partial charge on any atom is 0.257 e. The molecule has 2 N–H and O–H groups in total. The van der Waals surface area contributed by atoms with Crippen LogP contribution in [0.2, 0.25) is 0 Å². The van der Waals surface area contributed by atoms with Gasteiger partial charge in [0, 0.05) is 12.6 Å². The van der Waals surface area contributed by atoms with Crippen molar-refractivity contribution in [2.24, 2.45) is 5.92 Å². The summed E-state index contributed by atoms with van der Waals surface area (Å²) in [6.45, 7) is 4.88. The zero-order valence-corrected chi connectivity index (χ0v) is 11.8. The van der Waals surface area contributed by atoms with Gasteiger partial charge in [0.15, 0.2) is 0 Å². The van der Waals surface area contributed by atoms with Crippen LogP contribution in [0.15, 0.2) is 12.1 Å². The molecule has 20 heavy (non-hydrogen) atoms. The number of carbonyl (C=O) groups is 1. The van der Waals surface area contributed by atoms with Crippen LogP contribution >= 0.6 is 0 Å². The second-order valence-corrected chi connectivity index (χ2v) is 5.52. The molecule has 1 amide bonds. The van der Waals surface area contributed by atoms with Gasteiger partial charge < -0.3 is 10.6 Å². The van der Waals surface area contributed by atoms with Gasteiger partial charge in [-0.2, -0.15) is 0 Å². The lowest BCUT2D eigenvalue weighted by molar-refractivity contribution is 0.0935. The van der Waals surface area contributed by atoms with Crippen LogP contribution in [0, 0.1) is 24.5 Å². The predicted octanol–water partition coefficient (Wildman–Crippen LogP) is 2.39. The van der Waals surface area contributed by atoms with E-state index in [4.69, 9.17) is 0 Å². The van der Waals surface area contributed by atoms with E-state index in [1.54, 1.807) is 0 Å². The first-order valence-corrected chi connectivity index (χ1v) is 6.95. The summed E-state index contributed by atoms with van der Waals surface area (Å²) < 4.78 is 27.4. The fourth-order valence-corrected chi connectivity index (χ4v) is 2.42. The minimum absolute atomic E-state index is 0.268. The van der Waals surface area contributed by atoms with Crippen molar-refractivity contribution in [2.75, 3.05) is 13.1 Å². The number of carbonyl (C=O) groups excluding carboxylic acids is 1. The summed E-state index contributed by atoms with van der Waals surface area (Å²) in [6.07, 6.45) is 2.06. The highest BCUT2D eigenvalue weighted by molar-refractivity contribution is 5.94. The van der Waals surface area contributed by atoms with Crippen molar-refractivity contribution in [3.63, 3.8) is 0 Å². The Morgan fingerprint density at radius 1 is 1.40 bits per heavy atom. The molecule has 2 unspecified atom stereocenters. The Hall–Kier alpha value is -1.49. The molecule has 0 saturated carbocycles. The third-order valence-electron chi connectivity index (χ3n) is 3.83. The van der Waals surface area contributed by atoms with Crippen molar-refractivity contribution in [1.82, 2.24) is 10.6 Å². The van der Waals surface area contributed by atoms with Crippen molar-refractivity contribution in [1.29, 1.82) is 0 Å². The van der Waals surface area contributed by atoms with E-state index in [1.165, 1.54) is 13.0 Å². The van der Waals surface area contributed by atoms with E-state index >= 15 is 0 Å². The highest BCUT2D eigenvalue weighted by atomic mass is 19.1. The van der Waals surface area contributed by atoms with Crippen molar-refractivity contribution < 1.29 is 13.6 Å². The van der Waals surface area contributed by atoms with Gasteiger partial charge in [0.1, 0.15) is 17.2 Å². The molecule has 1 aromatic rings. The standard InChI is InChI=1S/C15H20F2N2O/c1-9-3-6-12(16)13(14(9)17)15(20)19-8-11-5-4-10(2)18-7-11/h3,6,10-11,18H,4-5,7-8H2,1-2H3,(H,19,20). The Kier molecular flexibility index (Phi) is 4.70. The summed E-state index contributed by atoms with van der Waals surface area (Å²) in [6, 6.07) is 2.94. The Balaban J connectivity index is 1.97. The number of halogens is 2. The maximum atomic E-state index is 13.8. The number of amides is 1. The van der Waals surface area contributed by atoms with Gasteiger partial charge in [-0.15, -0.1) is 0 Å². The van der Waals surface area contributed by atoms with Crippen LogP contribution in [0.3, 0.4) is 0 Å². The smallest absolute Gasteiger partial charge is 0.257 e. The van der Waals surface area contributed by atoms with Crippen molar-refractivity contribution in [3.8, 4) is 0 Å². The Morgan fingerprint density at radius 2 is 2.15 bits per heavy atom. The lowest BCUT2D eigenvalue weighted by atomic mass is 9.95. The first kappa shape index (κ1) is 14.9. The Bertz CT molecular complexity index is 497. The molecule has 1 fully saturated rings. The fourth-order valence-electron chi connectivity index (χ4n) is 2.42. The second-order valence-electron chi connectivity index (χ2n) is 5.52. The van der Waals surface area contributed by atoms with Crippen molar-refractivity contribution in [3.05, 3.63) is 34.9 Å². The quantitative estimate of drug-likeness (QED) is 0.894. The maximum absolute atomic E-state index is 13.8. The normalized spacial score (nSPS) is 22.6. The van der Waals surface area contributed by atoms with E-state index in [0.29, 0.717) is 18.5 Å². The SMILES string of the molecule is Cc1ccc(F)c(C(=O)NCC2CCC(C)NC2)c1F. The number of rotatable bonds is 3. The van der Waals surface area contributed by atoms with Gasteiger partial charge in [0.05, 0.1) is 0 Å². The van der Waals surface area contributed by atoms with E-state index in [0.717, 1.165) is 25.5 Å². The van der Waals surface area contributed by atoms with Crippen molar-refractivity contribution in [2.45, 2.75) is 32.7 Å². The summed E-state index contributed by atoms with van der Waals surface area (Å²) in [5.41, 5.74) is -0.216. The molecule has 0 aromatic heterocycles. The molecule has 5 heteroatoms. The van der Waals surface area contributed by atoms with Crippen molar-refractivity contribution >= 4 is 5.91 Å². The molecule has 1 aromatic carbocycles. The molecule has 0 bridgehead atoms. The monoisotopic (exact) mass is 282 g/mol. The zero-order chi connectivity index (χ0) is 14.7. The van der Waals surface area contributed by atoms with Gasteiger partial charge in [0.25, 0.3) is 5.91 Å². The van der Waals surface area contributed by atoms with Gasteiger partial charge in [-0.3, -0.25) is 4.79 Å². The van der Waals surface area contributed by atoms with Crippen LogP contribution in [-0.4, -0.2) is 25.0 Å². The Labute approximate surface area is 117 Å². The third kappa shape index (κ3) is 3.33. The summed E-state index contributed by atoms with van der Waals surface area (Å²) in [5, 5.41) is 5.96. The summed E-state index contributed by atoms with van der Waals surface area (Å²) in [5.74, 6) is -1.97. The molecule has 0 aliphatic carbocycles. The lowest BCUT2D eigenvalue weighted by Gasteiger charge is -2.27. The van der Waals surface area contributed by atoms with Crippen LogP contribution in [0.4, 0.5) is 8.78 Å². The molecule has 1 heterocycles. The van der Waals surface area contributed by atoms with Gasteiger partial charge in [0.2, 0.25) is 0 Å². The molecule has 1 aliphatic heterocycles. The number of piperidine rings is 1. The molecule has 2 rings (SSSR count). The molecule has 1 aliphatic rings. The molecular formula is C15H20F2N2O. The number of hydrogen-bond donors (Lipinski definition) is 2. The fraction of sp³-hybridized carbons (Fsp3) is 0.533. The zero-order valence-electron chi connectivity index (χ0n) is 11.8. The van der Waals surface area contributed by atoms with E-state index < -0.39 is 23.1 Å². The molecule has 2 atom stereocenters. The Morgan fingerprint density at radius 3 is 2.80 bits per heavy atom. The summed E-state index contributed by atoms with van der Waals surface area (Å²) in [4.78, 5) is 11.9. The van der Waals surface area contributed by atoms with Crippen LogP contribution in [0.1, 0.15) is 35.7 Å². The highest BCUT2D eigenvalue weighted by Gasteiger charge is 2.22. The number of aryl methyl sites for hydroxylation is 1. The average molecular weight is 282 g/mol. The van der Waals surface area contributed by atoms with Gasteiger partial charge in [-0.1, -0.05) is 6.07 Å². The minimum Gasteiger partial charge on any atom is -0.352 e. The average Bonchev–Trinajstić information content (AvgIpc) is 2.43. The van der Waals surface area contributed by atoms with E-state index in [-0.39, 0.29) is 5.56 Å². The predicted molar refractivity (Wildman–Crippen MR) is 73.6 cm³/mol. The molecule has 110 valence electrons. The first-order valence-electron chi connectivity index (χ1n) is 6.95. The van der Waals surface area contributed by atoms with Crippen LogP contribution in [0.25, 0.3) is 0 Å². The second kappa shape index (κ2) is 6.31. The van der Waals surface area contributed by atoms with Crippen LogP contribution < -0.4 is 10.6 Å². The number of nitrogens with one attached hydrogen (secondary N) is 2.